The second-order valence-electron chi connectivity index (χ2n) is 7.19. The maximum absolute atomic E-state index is 9.63. The first-order valence-corrected chi connectivity index (χ1v) is 9.86. The zero-order valence-electron chi connectivity index (χ0n) is 16.3. The van der Waals surface area contributed by atoms with Gasteiger partial charge in [-0.05, 0) is 41.8 Å². The molecule has 2 N–H and O–H groups in total. The van der Waals surface area contributed by atoms with Crippen LogP contribution in [0, 0.1) is 11.3 Å². The molecule has 0 fully saturated rings. The van der Waals surface area contributed by atoms with Crippen LogP contribution in [0.4, 0.5) is 5.69 Å². The summed E-state index contributed by atoms with van der Waals surface area (Å²) in [7, 11) is 0. The van der Waals surface area contributed by atoms with Gasteiger partial charge in [-0.1, -0.05) is 36.4 Å². The number of fused-ring (bicyclic) bond motifs is 2. The average molecular weight is 389 g/mol. The number of pyridine rings is 2. The van der Waals surface area contributed by atoms with Crippen LogP contribution in [0.1, 0.15) is 11.1 Å². The van der Waals surface area contributed by atoms with E-state index in [1.807, 2.05) is 48.8 Å². The molecule has 0 saturated carbocycles. The lowest BCUT2D eigenvalue weighted by Crippen LogP contribution is -2.07. The number of hydrogen-bond donors (Lipinski definition) is 2. The Labute approximate surface area is 174 Å². The number of nitrogens with zero attached hydrogens (tertiary/aromatic N) is 3. The highest BCUT2D eigenvalue weighted by molar-refractivity contribution is 5.97. The second-order valence-corrected chi connectivity index (χ2v) is 7.19. The van der Waals surface area contributed by atoms with Crippen molar-refractivity contribution in [1.82, 2.24) is 15.0 Å². The molecule has 3 aromatic heterocycles. The number of rotatable bonds is 5. The van der Waals surface area contributed by atoms with Gasteiger partial charge in [-0.2, -0.15) is 5.26 Å². The average Bonchev–Trinajstić information content (AvgIpc) is 3.27. The molecule has 3 heterocycles. The number of H-pyrrole nitrogens is 1. The largest absolute Gasteiger partial charge is 0.383 e. The zero-order valence-corrected chi connectivity index (χ0v) is 16.3. The van der Waals surface area contributed by atoms with Gasteiger partial charge in [0.2, 0.25) is 0 Å². The minimum absolute atomic E-state index is 0.548. The lowest BCUT2D eigenvalue weighted by molar-refractivity contribution is 1.02. The number of hydrogen-bond acceptors (Lipinski definition) is 4. The first-order chi connectivity index (χ1) is 14.8. The number of nitrogens with one attached hydrogen (secondary N) is 2. The van der Waals surface area contributed by atoms with Crippen LogP contribution in [-0.2, 0) is 6.42 Å². The SMILES string of the molecule is N#Cc1cnc2ccc(-c3cnc4[nH]ccc4c3)cc2c1NCCc1ccccc1. The second kappa shape index (κ2) is 7.69. The van der Waals surface area contributed by atoms with E-state index in [9.17, 15) is 5.26 Å². The Kier molecular flexibility index (Phi) is 4.59. The van der Waals surface area contributed by atoms with Crippen LogP contribution in [0.2, 0.25) is 0 Å². The Morgan fingerprint density at radius 3 is 2.70 bits per heavy atom. The molecule has 0 aliphatic heterocycles. The molecule has 0 bridgehead atoms. The Morgan fingerprint density at radius 2 is 1.83 bits per heavy atom. The van der Waals surface area contributed by atoms with Crippen molar-refractivity contribution in [2.75, 3.05) is 11.9 Å². The maximum atomic E-state index is 9.63. The fraction of sp³-hybridized carbons (Fsp3) is 0.0800. The lowest BCUT2D eigenvalue weighted by atomic mass is 10.0. The standard InChI is InChI=1S/C25H19N5/c26-14-21-16-29-23-7-6-18(20-12-19-9-11-28-25(19)30-15-20)13-22(23)24(21)27-10-8-17-4-2-1-3-5-17/h1-7,9,11-13,15-16H,8,10H2,(H,27,29)(H,28,30). The predicted molar refractivity (Wildman–Crippen MR) is 120 cm³/mol. The van der Waals surface area contributed by atoms with Crippen molar-refractivity contribution in [3.05, 3.63) is 90.4 Å². The van der Waals surface area contributed by atoms with Gasteiger partial charge >= 0.3 is 0 Å². The van der Waals surface area contributed by atoms with Crippen molar-refractivity contribution < 1.29 is 0 Å². The predicted octanol–water partition coefficient (Wildman–Crippen LogP) is 5.30. The van der Waals surface area contributed by atoms with E-state index in [1.54, 1.807) is 6.20 Å². The van der Waals surface area contributed by atoms with E-state index < -0.39 is 0 Å². The number of anilines is 1. The summed E-state index contributed by atoms with van der Waals surface area (Å²) in [5.74, 6) is 0. The van der Waals surface area contributed by atoms with Crippen molar-refractivity contribution >= 4 is 27.6 Å². The maximum Gasteiger partial charge on any atom is 0.137 e. The normalized spacial score (nSPS) is 10.9. The highest BCUT2D eigenvalue weighted by atomic mass is 14.9. The molecule has 0 amide bonds. The molecule has 30 heavy (non-hydrogen) atoms. The third-order valence-corrected chi connectivity index (χ3v) is 5.28. The monoisotopic (exact) mass is 389 g/mol. The fourth-order valence-corrected chi connectivity index (χ4v) is 3.72. The fourth-order valence-electron chi connectivity index (χ4n) is 3.72. The smallest absolute Gasteiger partial charge is 0.137 e. The van der Waals surface area contributed by atoms with Gasteiger partial charge in [0, 0.05) is 41.5 Å². The molecule has 5 aromatic rings. The van der Waals surface area contributed by atoms with Crippen LogP contribution in [0.5, 0.6) is 0 Å². The van der Waals surface area contributed by atoms with Crippen LogP contribution >= 0.6 is 0 Å². The van der Waals surface area contributed by atoms with Crippen molar-refractivity contribution in [1.29, 1.82) is 5.26 Å². The molecule has 144 valence electrons. The topological polar surface area (TPSA) is 77.4 Å². The van der Waals surface area contributed by atoms with Crippen molar-refractivity contribution in [2.45, 2.75) is 6.42 Å². The molecule has 0 unspecified atom stereocenters. The van der Waals surface area contributed by atoms with E-state index in [0.717, 1.165) is 51.7 Å². The van der Waals surface area contributed by atoms with Crippen molar-refractivity contribution in [3.63, 3.8) is 0 Å². The molecule has 5 heteroatoms. The number of aromatic amines is 1. The van der Waals surface area contributed by atoms with Gasteiger partial charge < -0.3 is 10.3 Å². The quantitative estimate of drug-likeness (QED) is 0.427. The summed E-state index contributed by atoms with van der Waals surface area (Å²) in [6, 6.07) is 22.9. The molecular weight excluding hydrogens is 370 g/mol. The van der Waals surface area contributed by atoms with E-state index in [2.05, 4.69) is 50.6 Å². The summed E-state index contributed by atoms with van der Waals surface area (Å²) in [6.07, 6.45) is 6.27. The summed E-state index contributed by atoms with van der Waals surface area (Å²) in [6.45, 7) is 0.735. The first-order valence-electron chi connectivity index (χ1n) is 9.86. The molecule has 0 spiro atoms. The van der Waals surface area contributed by atoms with Crippen LogP contribution in [0.25, 0.3) is 33.1 Å². The molecule has 0 saturated heterocycles. The van der Waals surface area contributed by atoms with Crippen LogP contribution in [0.3, 0.4) is 0 Å². The van der Waals surface area contributed by atoms with E-state index in [1.165, 1.54) is 5.56 Å². The Morgan fingerprint density at radius 1 is 0.933 bits per heavy atom. The molecule has 0 atom stereocenters. The molecule has 2 aromatic carbocycles. The van der Waals surface area contributed by atoms with E-state index in [-0.39, 0.29) is 0 Å². The van der Waals surface area contributed by atoms with Gasteiger partial charge in [-0.25, -0.2) is 4.98 Å². The number of aromatic nitrogens is 3. The Balaban J connectivity index is 1.52. The molecule has 0 radical (unpaired) electrons. The minimum Gasteiger partial charge on any atom is -0.383 e. The summed E-state index contributed by atoms with van der Waals surface area (Å²) in [4.78, 5) is 12.1. The van der Waals surface area contributed by atoms with E-state index in [4.69, 9.17) is 0 Å². The highest BCUT2D eigenvalue weighted by Gasteiger charge is 2.11. The van der Waals surface area contributed by atoms with Crippen LogP contribution in [-0.4, -0.2) is 21.5 Å². The van der Waals surface area contributed by atoms with Gasteiger partial charge in [0.25, 0.3) is 0 Å². The van der Waals surface area contributed by atoms with Gasteiger partial charge in [-0.3, -0.25) is 4.98 Å². The highest BCUT2D eigenvalue weighted by Crippen LogP contribution is 2.31. The summed E-state index contributed by atoms with van der Waals surface area (Å²) in [5.41, 5.74) is 6.44. The number of nitriles is 1. The van der Waals surface area contributed by atoms with E-state index >= 15 is 0 Å². The van der Waals surface area contributed by atoms with E-state index in [0.29, 0.717) is 5.56 Å². The van der Waals surface area contributed by atoms with Crippen LogP contribution < -0.4 is 5.32 Å². The van der Waals surface area contributed by atoms with Crippen LogP contribution in [0.15, 0.2) is 79.3 Å². The third-order valence-electron chi connectivity index (χ3n) is 5.28. The summed E-state index contributed by atoms with van der Waals surface area (Å²) in [5, 5.41) is 15.1. The Hall–Kier alpha value is -4.17. The van der Waals surface area contributed by atoms with Crippen molar-refractivity contribution in [3.8, 4) is 17.2 Å². The number of benzene rings is 2. The molecular formula is C25H19N5. The minimum atomic E-state index is 0.548. The lowest BCUT2D eigenvalue weighted by Gasteiger charge is -2.13. The van der Waals surface area contributed by atoms with Gasteiger partial charge in [0.15, 0.2) is 0 Å². The van der Waals surface area contributed by atoms with Gasteiger partial charge in [0.1, 0.15) is 11.7 Å². The summed E-state index contributed by atoms with van der Waals surface area (Å²) >= 11 is 0. The molecule has 0 aliphatic rings. The molecule has 5 rings (SSSR count). The third kappa shape index (κ3) is 3.36. The Bertz CT molecular complexity index is 1380. The van der Waals surface area contributed by atoms with Gasteiger partial charge in [-0.15, -0.1) is 0 Å². The zero-order chi connectivity index (χ0) is 20.3. The molecule has 5 nitrogen and oxygen atoms in total. The summed E-state index contributed by atoms with van der Waals surface area (Å²) < 4.78 is 0. The molecule has 0 aliphatic carbocycles. The van der Waals surface area contributed by atoms with Gasteiger partial charge in [0.05, 0.1) is 16.8 Å². The first kappa shape index (κ1) is 17.9. The van der Waals surface area contributed by atoms with Crippen molar-refractivity contribution in [2.24, 2.45) is 0 Å².